The van der Waals surface area contributed by atoms with Crippen molar-refractivity contribution >= 4 is 50.0 Å². The molecule has 3 heterocycles. The Morgan fingerprint density at radius 2 is 1.63 bits per heavy atom. The molecule has 0 bridgehead atoms. The van der Waals surface area contributed by atoms with E-state index in [4.69, 9.17) is 16.7 Å². The molecule has 1 saturated heterocycles. The molecule has 1 aromatic heterocycles. The summed E-state index contributed by atoms with van der Waals surface area (Å²) >= 11 is 6.90. The Hall–Kier alpha value is -4.92. The molecule has 5 aromatic rings. The highest BCUT2D eigenvalue weighted by molar-refractivity contribution is 7.90. The summed E-state index contributed by atoms with van der Waals surface area (Å²) < 4.78 is 30.9. The van der Waals surface area contributed by atoms with Crippen LogP contribution in [0.2, 0.25) is 5.02 Å². The molecule has 1 unspecified atom stereocenters. The zero-order chi connectivity index (χ0) is 42.4. The summed E-state index contributed by atoms with van der Waals surface area (Å²) in [7, 11) is -4.30. The molecule has 1 fully saturated rings. The van der Waals surface area contributed by atoms with Crippen molar-refractivity contribution in [1.29, 1.82) is 0 Å². The third-order valence-corrected chi connectivity index (χ3v) is 13.4. The molecule has 0 spiro atoms. The van der Waals surface area contributed by atoms with Crippen LogP contribution in [0.15, 0.2) is 83.8 Å². The number of halogens is 1. The molecule has 60 heavy (non-hydrogen) atoms. The van der Waals surface area contributed by atoms with Gasteiger partial charge < -0.3 is 20.9 Å². The number of sulfonamides is 1. The molecular formula is C46H54ClN7O5S. The topological polar surface area (TPSA) is 155 Å². The Balaban J connectivity index is 1.26. The van der Waals surface area contributed by atoms with Gasteiger partial charge in [0.1, 0.15) is 0 Å². The Bertz CT molecular complexity index is 2490. The van der Waals surface area contributed by atoms with E-state index in [1.807, 2.05) is 30.3 Å². The molecule has 0 radical (unpaired) electrons. The minimum absolute atomic E-state index is 0.0421. The monoisotopic (exact) mass is 851 g/mol. The summed E-state index contributed by atoms with van der Waals surface area (Å²) in [6.45, 7) is 10.3. The largest absolute Gasteiger partial charge is 0.337 e. The minimum Gasteiger partial charge on any atom is -0.337 e. The van der Waals surface area contributed by atoms with Crippen LogP contribution in [-0.4, -0.2) is 85.5 Å². The maximum absolute atomic E-state index is 15.1. The Morgan fingerprint density at radius 1 is 0.900 bits per heavy atom. The van der Waals surface area contributed by atoms with Gasteiger partial charge in [-0.05, 0) is 104 Å². The molecule has 12 nitrogen and oxygen atoms in total. The van der Waals surface area contributed by atoms with Crippen LogP contribution < -0.4 is 20.7 Å². The van der Waals surface area contributed by atoms with Gasteiger partial charge in [0.2, 0.25) is 0 Å². The Kier molecular flexibility index (Phi) is 13.8. The molecule has 0 saturated carbocycles. The van der Waals surface area contributed by atoms with Crippen molar-refractivity contribution < 1.29 is 22.8 Å². The van der Waals surface area contributed by atoms with Crippen molar-refractivity contribution in [1.82, 2.24) is 35.4 Å². The molecule has 4 aromatic carbocycles. The molecule has 2 aliphatic rings. The summed E-state index contributed by atoms with van der Waals surface area (Å²) in [5.41, 5.74) is 3.28. The molecule has 7 rings (SSSR count). The van der Waals surface area contributed by atoms with Crippen molar-refractivity contribution in [3.05, 3.63) is 123 Å². The second-order valence-corrected chi connectivity index (χ2v) is 17.9. The average Bonchev–Trinajstić information content (AvgIpc) is 3.57. The van der Waals surface area contributed by atoms with E-state index in [9.17, 15) is 18.0 Å². The van der Waals surface area contributed by atoms with Gasteiger partial charge in [-0.3, -0.25) is 14.4 Å². The van der Waals surface area contributed by atoms with E-state index < -0.39 is 15.9 Å². The van der Waals surface area contributed by atoms with Gasteiger partial charge in [-0.2, -0.15) is 5.10 Å². The van der Waals surface area contributed by atoms with Crippen LogP contribution in [0.4, 0.5) is 0 Å². The lowest BCUT2D eigenvalue weighted by Crippen LogP contribution is -2.48. The van der Waals surface area contributed by atoms with Gasteiger partial charge in [-0.25, -0.2) is 17.8 Å². The van der Waals surface area contributed by atoms with E-state index in [0.29, 0.717) is 54.4 Å². The van der Waals surface area contributed by atoms with Crippen LogP contribution in [0.1, 0.15) is 106 Å². The van der Waals surface area contributed by atoms with Gasteiger partial charge >= 0.3 is 0 Å². The van der Waals surface area contributed by atoms with Crippen molar-refractivity contribution in [3.8, 4) is 5.69 Å². The van der Waals surface area contributed by atoms with Crippen molar-refractivity contribution in [2.45, 2.75) is 89.2 Å². The lowest BCUT2D eigenvalue weighted by molar-refractivity contribution is 0.0744. The third kappa shape index (κ3) is 9.50. The standard InChI is InChI=1S/C46H54ClN7O5S/c1-4-6-23-53(24-7-5-2)46(57)43-42(47)30(3)54(51-43)41-18-16-33(45(56)52-60(58,59)37-17-15-31-11-8-9-12-32(31)25-37)26-40(41)44(55)38-14-10-13-34-28-49-36(27-39(34)38)29-50-35-19-21-48-22-20-35/h8-18,25-26,35-36,48-50H,4-7,19-24,27-29H2,1-3H3,(H,52,56). The summed E-state index contributed by atoms with van der Waals surface area (Å²) in [5.74, 6) is -1.56. The van der Waals surface area contributed by atoms with E-state index in [-0.39, 0.29) is 44.5 Å². The summed E-state index contributed by atoms with van der Waals surface area (Å²) in [6, 6.07) is 22.6. The van der Waals surface area contributed by atoms with Crippen LogP contribution in [0.3, 0.4) is 0 Å². The van der Waals surface area contributed by atoms with Gasteiger partial charge in [-0.1, -0.05) is 86.8 Å². The van der Waals surface area contributed by atoms with Crippen molar-refractivity contribution in [3.63, 3.8) is 0 Å². The number of fused-ring (bicyclic) bond motifs is 2. The molecule has 4 N–H and O–H groups in total. The lowest BCUT2D eigenvalue weighted by Gasteiger charge is -2.31. The van der Waals surface area contributed by atoms with E-state index in [0.717, 1.165) is 74.7 Å². The number of unbranched alkanes of at least 4 members (excludes halogenated alkanes) is 2. The van der Waals surface area contributed by atoms with Crippen molar-refractivity contribution in [2.24, 2.45) is 0 Å². The van der Waals surface area contributed by atoms with Gasteiger partial charge in [0.25, 0.3) is 21.8 Å². The highest BCUT2D eigenvalue weighted by atomic mass is 35.5. The fourth-order valence-electron chi connectivity index (χ4n) is 8.09. The fraction of sp³-hybridized carbons (Fsp3) is 0.391. The molecule has 316 valence electrons. The van der Waals surface area contributed by atoms with E-state index in [1.54, 1.807) is 36.1 Å². The highest BCUT2D eigenvalue weighted by Crippen LogP contribution is 2.31. The first-order valence-electron chi connectivity index (χ1n) is 21.1. The van der Waals surface area contributed by atoms with Crippen LogP contribution >= 0.6 is 11.6 Å². The number of ketones is 1. The SMILES string of the molecule is CCCCN(CCCC)C(=O)c1nn(-c2ccc(C(=O)NS(=O)(=O)c3ccc4ccccc4c3)cc2C(=O)c2cccc3c2CC(CNC2CCNCC2)NC3)c(C)c1Cl. The van der Waals surface area contributed by atoms with E-state index in [2.05, 4.69) is 34.5 Å². The zero-order valence-electron chi connectivity index (χ0n) is 34.5. The number of hydrogen-bond acceptors (Lipinski definition) is 9. The second kappa shape index (κ2) is 19.2. The number of aromatic nitrogens is 2. The maximum atomic E-state index is 15.1. The van der Waals surface area contributed by atoms with Crippen LogP contribution in [0.25, 0.3) is 16.5 Å². The predicted octanol–water partition coefficient (Wildman–Crippen LogP) is 6.74. The third-order valence-electron chi connectivity index (χ3n) is 11.6. The number of carbonyl (C=O) groups is 3. The number of nitrogens with one attached hydrogen (secondary N) is 4. The van der Waals surface area contributed by atoms with E-state index in [1.165, 1.54) is 28.9 Å². The minimum atomic E-state index is -4.30. The normalized spacial score (nSPS) is 15.8. The Labute approximate surface area is 357 Å². The first-order valence-corrected chi connectivity index (χ1v) is 22.9. The average molecular weight is 853 g/mol. The fourth-order valence-corrected chi connectivity index (χ4v) is 9.29. The number of benzene rings is 4. The van der Waals surface area contributed by atoms with Crippen LogP contribution in [-0.2, 0) is 23.0 Å². The first-order chi connectivity index (χ1) is 29.0. The van der Waals surface area contributed by atoms with Gasteiger partial charge in [0.15, 0.2) is 11.5 Å². The van der Waals surface area contributed by atoms with E-state index >= 15 is 4.79 Å². The van der Waals surface area contributed by atoms with Gasteiger partial charge in [0.05, 0.1) is 21.3 Å². The highest BCUT2D eigenvalue weighted by Gasteiger charge is 2.30. The molecule has 0 aliphatic carbocycles. The molecule has 2 amide bonds. The van der Waals surface area contributed by atoms with Gasteiger partial charge in [-0.15, -0.1) is 0 Å². The first kappa shape index (κ1) is 43.2. The van der Waals surface area contributed by atoms with Crippen LogP contribution in [0.5, 0.6) is 0 Å². The number of rotatable bonds is 16. The number of piperidine rings is 1. The zero-order valence-corrected chi connectivity index (χ0v) is 36.1. The lowest BCUT2D eigenvalue weighted by atomic mass is 9.87. The summed E-state index contributed by atoms with van der Waals surface area (Å²) in [4.78, 5) is 44.7. The molecule has 2 aliphatic heterocycles. The molecular weight excluding hydrogens is 798 g/mol. The predicted molar refractivity (Wildman–Crippen MR) is 236 cm³/mol. The summed E-state index contributed by atoms with van der Waals surface area (Å²) in [5, 5.41) is 17.2. The number of hydrogen-bond donors (Lipinski definition) is 4. The molecule has 14 heteroatoms. The van der Waals surface area contributed by atoms with Crippen molar-refractivity contribution in [2.75, 3.05) is 32.7 Å². The molecule has 1 atom stereocenters. The number of nitrogens with zero attached hydrogens (tertiary/aromatic N) is 3. The second-order valence-electron chi connectivity index (χ2n) is 15.8. The smallest absolute Gasteiger partial charge is 0.275 e. The number of carbonyl (C=O) groups excluding carboxylic acids is 3. The Morgan fingerprint density at radius 3 is 2.37 bits per heavy atom. The summed E-state index contributed by atoms with van der Waals surface area (Å²) in [6.07, 6.45) is 6.22. The maximum Gasteiger partial charge on any atom is 0.275 e. The van der Waals surface area contributed by atoms with Crippen LogP contribution in [0, 0.1) is 6.92 Å². The van der Waals surface area contributed by atoms with Gasteiger partial charge in [0, 0.05) is 55.0 Å². The number of amides is 2. The quantitative estimate of drug-likeness (QED) is 0.0792.